The number of carbonyl (C=O) groups excluding carboxylic acids is 2. The van der Waals surface area contributed by atoms with Gasteiger partial charge < -0.3 is 9.80 Å². The molecule has 160 valence electrons. The fraction of sp³-hybridized carbons (Fsp3) is 0.440. The maximum atomic E-state index is 13.3. The van der Waals surface area contributed by atoms with Crippen LogP contribution in [0, 0.1) is 0 Å². The van der Waals surface area contributed by atoms with Gasteiger partial charge in [-0.3, -0.25) is 14.5 Å². The zero-order valence-corrected chi connectivity index (χ0v) is 18.2. The second-order valence-corrected chi connectivity index (χ2v) is 7.93. The average Bonchev–Trinajstić information content (AvgIpc) is 2.80. The molecule has 1 atom stereocenters. The van der Waals surface area contributed by atoms with Crippen LogP contribution in [0.25, 0.3) is 0 Å². The topological polar surface area (TPSA) is 43.9 Å². The molecule has 1 saturated heterocycles. The molecule has 5 heteroatoms. The molecule has 2 aromatic rings. The Labute approximate surface area is 180 Å². The van der Waals surface area contributed by atoms with Gasteiger partial charge in [-0.25, -0.2) is 0 Å². The third-order valence-corrected chi connectivity index (χ3v) is 5.93. The van der Waals surface area contributed by atoms with Crippen LogP contribution in [0.2, 0.25) is 0 Å². The maximum Gasteiger partial charge on any atom is 0.244 e. The first-order valence-corrected chi connectivity index (χ1v) is 11.0. The lowest BCUT2D eigenvalue weighted by molar-refractivity contribution is -0.143. The molecule has 0 aromatic heterocycles. The van der Waals surface area contributed by atoms with Gasteiger partial charge in [0.25, 0.3) is 0 Å². The summed E-state index contributed by atoms with van der Waals surface area (Å²) < 4.78 is 0. The van der Waals surface area contributed by atoms with Crippen LogP contribution in [0.4, 0.5) is 0 Å². The van der Waals surface area contributed by atoms with E-state index in [0.717, 1.165) is 24.9 Å². The summed E-state index contributed by atoms with van der Waals surface area (Å²) in [5.41, 5.74) is 2.29. The van der Waals surface area contributed by atoms with Crippen molar-refractivity contribution in [1.82, 2.24) is 14.7 Å². The molecule has 0 spiro atoms. The molecule has 2 amide bonds. The molecule has 30 heavy (non-hydrogen) atoms. The minimum atomic E-state index is -0.274. The van der Waals surface area contributed by atoms with Gasteiger partial charge in [0.2, 0.25) is 11.8 Å². The molecule has 2 aromatic carbocycles. The predicted octanol–water partition coefficient (Wildman–Crippen LogP) is 3.37. The van der Waals surface area contributed by atoms with Gasteiger partial charge in [-0.2, -0.15) is 0 Å². The summed E-state index contributed by atoms with van der Waals surface area (Å²) in [5, 5.41) is 0. The number of piperazine rings is 1. The SMILES string of the molecule is CCN(C)C(C(=O)N1CCN(C(=O)CCCc2ccccc2)CC1)c1ccccc1. The number of rotatable bonds is 8. The standard InChI is InChI=1S/C25H33N3O2/c1-3-26(2)24(22-14-8-5-9-15-22)25(30)28-19-17-27(18-20-28)23(29)16-10-13-21-11-6-4-7-12-21/h4-9,11-12,14-15,24H,3,10,13,16-20H2,1-2H3. The van der Waals surface area contributed by atoms with Gasteiger partial charge in [0.05, 0.1) is 0 Å². The van der Waals surface area contributed by atoms with E-state index in [0.29, 0.717) is 32.6 Å². The van der Waals surface area contributed by atoms with Crippen molar-refractivity contribution in [2.24, 2.45) is 0 Å². The van der Waals surface area contributed by atoms with Crippen molar-refractivity contribution in [2.45, 2.75) is 32.2 Å². The summed E-state index contributed by atoms with van der Waals surface area (Å²) in [6, 6.07) is 20.0. The largest absolute Gasteiger partial charge is 0.339 e. The second kappa shape index (κ2) is 10.9. The smallest absolute Gasteiger partial charge is 0.244 e. The van der Waals surface area contributed by atoms with Crippen LogP contribution < -0.4 is 0 Å². The first-order chi connectivity index (χ1) is 14.6. The van der Waals surface area contributed by atoms with Gasteiger partial charge in [0, 0.05) is 32.6 Å². The summed E-state index contributed by atoms with van der Waals surface area (Å²) in [6.07, 6.45) is 2.35. The lowest BCUT2D eigenvalue weighted by atomic mass is 10.0. The van der Waals surface area contributed by atoms with E-state index in [2.05, 4.69) is 24.0 Å². The van der Waals surface area contributed by atoms with E-state index >= 15 is 0 Å². The highest BCUT2D eigenvalue weighted by Crippen LogP contribution is 2.23. The van der Waals surface area contributed by atoms with Crippen molar-refractivity contribution in [2.75, 3.05) is 39.8 Å². The van der Waals surface area contributed by atoms with Crippen molar-refractivity contribution in [3.8, 4) is 0 Å². The molecule has 1 aliphatic heterocycles. The Bertz CT molecular complexity index is 802. The molecule has 1 fully saturated rings. The van der Waals surface area contributed by atoms with Gasteiger partial charge in [-0.1, -0.05) is 67.6 Å². The summed E-state index contributed by atoms with van der Waals surface area (Å²) in [6.45, 7) is 5.30. The number of hydrogen-bond donors (Lipinski definition) is 0. The lowest BCUT2D eigenvalue weighted by Crippen LogP contribution is -2.53. The highest BCUT2D eigenvalue weighted by atomic mass is 16.2. The average molecular weight is 408 g/mol. The lowest BCUT2D eigenvalue weighted by Gasteiger charge is -2.38. The van der Waals surface area contributed by atoms with Crippen molar-refractivity contribution in [3.05, 3.63) is 71.8 Å². The molecule has 0 aliphatic carbocycles. The second-order valence-electron chi connectivity index (χ2n) is 7.93. The van der Waals surface area contributed by atoms with Crippen molar-refractivity contribution < 1.29 is 9.59 Å². The summed E-state index contributed by atoms with van der Waals surface area (Å²) in [7, 11) is 1.99. The van der Waals surface area contributed by atoms with Gasteiger partial charge in [-0.15, -0.1) is 0 Å². The molecule has 5 nitrogen and oxygen atoms in total. The van der Waals surface area contributed by atoms with Crippen molar-refractivity contribution in [1.29, 1.82) is 0 Å². The van der Waals surface area contributed by atoms with E-state index in [-0.39, 0.29) is 17.9 Å². The molecular weight excluding hydrogens is 374 g/mol. The number of hydrogen-bond acceptors (Lipinski definition) is 3. The van der Waals surface area contributed by atoms with E-state index < -0.39 is 0 Å². The van der Waals surface area contributed by atoms with Crippen LogP contribution in [-0.2, 0) is 16.0 Å². The summed E-state index contributed by atoms with van der Waals surface area (Å²) in [4.78, 5) is 31.8. The Morgan fingerprint density at radius 3 is 2.07 bits per heavy atom. The number of benzene rings is 2. The third-order valence-electron chi connectivity index (χ3n) is 5.93. The monoisotopic (exact) mass is 407 g/mol. The predicted molar refractivity (Wildman–Crippen MR) is 120 cm³/mol. The van der Waals surface area contributed by atoms with Crippen LogP contribution in [-0.4, -0.2) is 66.3 Å². The number of aryl methyl sites for hydroxylation is 1. The van der Waals surface area contributed by atoms with Crippen molar-refractivity contribution in [3.63, 3.8) is 0 Å². The van der Waals surface area contributed by atoms with E-state index in [9.17, 15) is 9.59 Å². The van der Waals surface area contributed by atoms with E-state index in [1.54, 1.807) is 0 Å². The van der Waals surface area contributed by atoms with Gasteiger partial charge in [-0.05, 0) is 37.6 Å². The van der Waals surface area contributed by atoms with Crippen molar-refractivity contribution >= 4 is 11.8 Å². The molecule has 1 unspecified atom stereocenters. The van der Waals surface area contributed by atoms with Crippen LogP contribution in [0.15, 0.2) is 60.7 Å². The summed E-state index contributed by atoms with van der Waals surface area (Å²) >= 11 is 0. The molecule has 1 heterocycles. The number of carbonyl (C=O) groups is 2. The summed E-state index contributed by atoms with van der Waals surface area (Å²) in [5.74, 6) is 0.324. The third kappa shape index (κ3) is 5.70. The highest BCUT2D eigenvalue weighted by molar-refractivity contribution is 5.84. The Morgan fingerprint density at radius 2 is 1.47 bits per heavy atom. The quantitative estimate of drug-likeness (QED) is 0.674. The van der Waals surface area contributed by atoms with E-state index in [1.165, 1.54) is 5.56 Å². The van der Waals surface area contributed by atoms with Crippen LogP contribution in [0.3, 0.4) is 0 Å². The minimum Gasteiger partial charge on any atom is -0.339 e. The van der Waals surface area contributed by atoms with E-state index in [1.807, 2.05) is 65.4 Å². The normalized spacial score (nSPS) is 15.3. The fourth-order valence-corrected chi connectivity index (χ4v) is 4.00. The van der Waals surface area contributed by atoms with Crippen LogP contribution >= 0.6 is 0 Å². The molecule has 3 rings (SSSR count). The first-order valence-electron chi connectivity index (χ1n) is 11.0. The van der Waals surface area contributed by atoms with Gasteiger partial charge in [0.1, 0.15) is 6.04 Å². The Hall–Kier alpha value is -2.66. The molecule has 1 aliphatic rings. The Morgan fingerprint density at radius 1 is 0.900 bits per heavy atom. The molecular formula is C25H33N3O2. The molecule has 0 saturated carbocycles. The number of amides is 2. The Kier molecular flexibility index (Phi) is 8.03. The molecule has 0 N–H and O–H groups in total. The first kappa shape index (κ1) is 22.0. The maximum absolute atomic E-state index is 13.3. The minimum absolute atomic E-state index is 0.127. The van der Waals surface area contributed by atoms with Gasteiger partial charge >= 0.3 is 0 Å². The molecule has 0 bridgehead atoms. The van der Waals surface area contributed by atoms with Crippen LogP contribution in [0.1, 0.15) is 36.9 Å². The van der Waals surface area contributed by atoms with Crippen LogP contribution in [0.5, 0.6) is 0 Å². The fourth-order valence-electron chi connectivity index (χ4n) is 4.00. The number of likely N-dealkylation sites (N-methyl/N-ethyl adjacent to an activating group) is 1. The molecule has 0 radical (unpaired) electrons. The van der Waals surface area contributed by atoms with Gasteiger partial charge in [0.15, 0.2) is 0 Å². The zero-order chi connectivity index (χ0) is 21.3. The highest BCUT2D eigenvalue weighted by Gasteiger charge is 2.31. The number of nitrogens with zero attached hydrogens (tertiary/aromatic N) is 3. The zero-order valence-electron chi connectivity index (χ0n) is 18.2. The van der Waals surface area contributed by atoms with E-state index in [4.69, 9.17) is 0 Å². The Balaban J connectivity index is 1.51.